The first-order valence-corrected chi connectivity index (χ1v) is 6.94. The standard InChI is InChI=1S/C10H9N7O2S2/c1-15-3-11-6-5(15)8(20)14-10(13-6)21-9-7(17(18)19)12-4-16(9)2/h3-4H,1-2H3,(H,13,14,20). The Morgan fingerprint density at radius 1 is 1.33 bits per heavy atom. The van der Waals surface area contributed by atoms with Gasteiger partial charge in [-0.2, -0.15) is 0 Å². The summed E-state index contributed by atoms with van der Waals surface area (Å²) in [4.78, 5) is 25.6. The van der Waals surface area contributed by atoms with Crippen LogP contribution in [0.3, 0.4) is 0 Å². The minimum Gasteiger partial charge on any atom is -0.358 e. The molecule has 0 saturated heterocycles. The molecule has 0 unspecified atom stereocenters. The van der Waals surface area contributed by atoms with Gasteiger partial charge in [0.2, 0.25) is 6.33 Å². The predicted octanol–water partition coefficient (Wildman–Crippen LogP) is 1.82. The fourth-order valence-corrected chi connectivity index (χ4v) is 3.10. The summed E-state index contributed by atoms with van der Waals surface area (Å²) in [5, 5.41) is 11.8. The Labute approximate surface area is 127 Å². The molecule has 0 radical (unpaired) electrons. The third-order valence-corrected chi connectivity index (χ3v) is 4.13. The molecule has 3 heterocycles. The molecule has 11 heteroatoms. The normalized spacial score (nSPS) is 11.1. The maximum absolute atomic E-state index is 11.0. The van der Waals surface area contributed by atoms with E-state index in [1.165, 1.54) is 6.33 Å². The van der Waals surface area contributed by atoms with E-state index in [9.17, 15) is 10.1 Å². The number of aromatic amines is 1. The molecule has 0 saturated carbocycles. The van der Waals surface area contributed by atoms with Crippen LogP contribution in [0.15, 0.2) is 22.8 Å². The highest BCUT2D eigenvalue weighted by atomic mass is 32.2. The van der Waals surface area contributed by atoms with Crippen LogP contribution in [0.1, 0.15) is 0 Å². The fraction of sp³-hybridized carbons (Fsp3) is 0.200. The molecule has 0 atom stereocenters. The molecule has 108 valence electrons. The molecule has 1 N–H and O–H groups in total. The third kappa shape index (κ3) is 2.29. The zero-order chi connectivity index (χ0) is 15.1. The molecule has 0 bridgehead atoms. The highest BCUT2D eigenvalue weighted by Gasteiger charge is 2.22. The van der Waals surface area contributed by atoms with Gasteiger partial charge in [-0.3, -0.25) is 0 Å². The Balaban J connectivity index is 2.09. The van der Waals surface area contributed by atoms with E-state index < -0.39 is 4.92 Å². The molecule has 21 heavy (non-hydrogen) atoms. The first kappa shape index (κ1) is 13.7. The molecule has 0 spiro atoms. The van der Waals surface area contributed by atoms with Gasteiger partial charge in [0.15, 0.2) is 20.5 Å². The molecule has 0 aliphatic carbocycles. The Kier molecular flexibility index (Phi) is 3.22. The summed E-state index contributed by atoms with van der Waals surface area (Å²) in [5.74, 6) is -0.218. The maximum atomic E-state index is 11.0. The molecular formula is C10H9N7O2S2. The van der Waals surface area contributed by atoms with Crippen LogP contribution in [0.2, 0.25) is 0 Å². The lowest BCUT2D eigenvalue weighted by Gasteiger charge is -2.02. The monoisotopic (exact) mass is 323 g/mol. The van der Waals surface area contributed by atoms with Crippen molar-refractivity contribution in [2.75, 3.05) is 0 Å². The summed E-state index contributed by atoms with van der Waals surface area (Å²) in [7, 11) is 3.50. The largest absolute Gasteiger partial charge is 0.396 e. The number of hydrogen-bond donors (Lipinski definition) is 1. The van der Waals surface area contributed by atoms with Gasteiger partial charge < -0.3 is 24.2 Å². The van der Waals surface area contributed by atoms with Gasteiger partial charge in [-0.1, -0.05) is 12.2 Å². The summed E-state index contributed by atoms with van der Waals surface area (Å²) in [6.45, 7) is 0. The van der Waals surface area contributed by atoms with E-state index >= 15 is 0 Å². The molecule has 3 rings (SSSR count). The van der Waals surface area contributed by atoms with Gasteiger partial charge in [0, 0.05) is 14.1 Å². The average Bonchev–Trinajstić information content (AvgIpc) is 2.95. The van der Waals surface area contributed by atoms with Crippen LogP contribution >= 0.6 is 24.0 Å². The van der Waals surface area contributed by atoms with E-state index in [4.69, 9.17) is 12.2 Å². The molecule has 9 nitrogen and oxygen atoms in total. The zero-order valence-corrected chi connectivity index (χ0v) is 12.6. The van der Waals surface area contributed by atoms with Gasteiger partial charge in [-0.25, -0.2) is 9.97 Å². The third-order valence-electron chi connectivity index (χ3n) is 2.80. The van der Waals surface area contributed by atoms with E-state index in [-0.39, 0.29) is 5.82 Å². The second kappa shape index (κ2) is 4.93. The Bertz CT molecular complexity index is 910. The Morgan fingerprint density at radius 2 is 2.05 bits per heavy atom. The van der Waals surface area contributed by atoms with Crippen molar-refractivity contribution in [3.8, 4) is 0 Å². The molecule has 0 aliphatic heterocycles. The lowest BCUT2D eigenvalue weighted by Crippen LogP contribution is -1.96. The number of nitrogens with zero attached hydrogens (tertiary/aromatic N) is 6. The smallest absolute Gasteiger partial charge is 0.358 e. The maximum Gasteiger partial charge on any atom is 0.396 e. The number of nitro groups is 1. The number of fused-ring (bicyclic) bond motifs is 1. The van der Waals surface area contributed by atoms with Crippen LogP contribution in [0.4, 0.5) is 5.82 Å². The SMILES string of the molecule is Cn1cnc([N+](=O)[O-])c1Sc1nc(=S)c2c(ncn2C)[nH]1. The minimum atomic E-state index is -0.532. The summed E-state index contributed by atoms with van der Waals surface area (Å²) in [6, 6.07) is 0. The first-order chi connectivity index (χ1) is 9.97. The molecule has 0 aliphatic rings. The van der Waals surface area contributed by atoms with Gasteiger partial charge in [-0.15, -0.1) is 0 Å². The Hall–Kier alpha value is -2.27. The lowest BCUT2D eigenvalue weighted by atomic mass is 10.5. The predicted molar refractivity (Wildman–Crippen MR) is 77.7 cm³/mol. The quantitative estimate of drug-likeness (QED) is 0.339. The van der Waals surface area contributed by atoms with Gasteiger partial charge >= 0.3 is 5.82 Å². The summed E-state index contributed by atoms with van der Waals surface area (Å²) >= 11 is 6.32. The number of H-pyrrole nitrogens is 1. The van der Waals surface area contributed by atoms with E-state index in [2.05, 4.69) is 19.9 Å². The molecular weight excluding hydrogens is 314 g/mol. The summed E-state index contributed by atoms with van der Waals surface area (Å²) in [5.41, 5.74) is 1.30. The van der Waals surface area contributed by atoms with Crippen LogP contribution in [0.5, 0.6) is 0 Å². The summed E-state index contributed by atoms with van der Waals surface area (Å²) < 4.78 is 3.71. The van der Waals surface area contributed by atoms with Crippen molar-refractivity contribution < 1.29 is 4.92 Å². The number of rotatable bonds is 3. The second-order valence-corrected chi connectivity index (χ2v) is 5.61. The molecule has 3 aromatic heterocycles. The van der Waals surface area contributed by atoms with Crippen LogP contribution < -0.4 is 0 Å². The van der Waals surface area contributed by atoms with E-state index in [1.807, 2.05) is 7.05 Å². The summed E-state index contributed by atoms with van der Waals surface area (Å²) in [6.07, 6.45) is 3.01. The average molecular weight is 323 g/mol. The second-order valence-electron chi connectivity index (χ2n) is 4.24. The van der Waals surface area contributed by atoms with Crippen molar-refractivity contribution in [1.82, 2.24) is 29.1 Å². The van der Waals surface area contributed by atoms with Gasteiger partial charge in [0.1, 0.15) is 5.52 Å². The van der Waals surface area contributed by atoms with Gasteiger partial charge in [0.25, 0.3) is 0 Å². The minimum absolute atomic E-state index is 0.218. The zero-order valence-electron chi connectivity index (χ0n) is 11.0. The van der Waals surface area contributed by atoms with Crippen LogP contribution in [0, 0.1) is 14.8 Å². The number of aryl methyl sites for hydroxylation is 2. The van der Waals surface area contributed by atoms with Crippen molar-refractivity contribution in [2.24, 2.45) is 14.1 Å². The highest BCUT2D eigenvalue weighted by molar-refractivity contribution is 7.99. The number of aromatic nitrogens is 6. The van der Waals surface area contributed by atoms with Gasteiger partial charge in [-0.05, 0) is 21.7 Å². The molecule has 0 fully saturated rings. The number of imidazole rings is 2. The highest BCUT2D eigenvalue weighted by Crippen LogP contribution is 2.32. The number of hydrogen-bond acceptors (Lipinski definition) is 7. The molecule has 0 aromatic carbocycles. The molecule has 0 amide bonds. The molecule has 3 aromatic rings. The van der Waals surface area contributed by atoms with Crippen LogP contribution in [-0.2, 0) is 14.1 Å². The Morgan fingerprint density at radius 3 is 2.76 bits per heavy atom. The van der Waals surface area contributed by atoms with Crippen molar-refractivity contribution in [3.05, 3.63) is 27.4 Å². The fourth-order valence-electron chi connectivity index (χ4n) is 1.84. The van der Waals surface area contributed by atoms with E-state index in [0.717, 1.165) is 11.8 Å². The first-order valence-electron chi connectivity index (χ1n) is 5.72. The number of nitrogens with one attached hydrogen (secondary N) is 1. The van der Waals surface area contributed by atoms with Gasteiger partial charge in [0.05, 0.1) is 6.33 Å². The van der Waals surface area contributed by atoms with E-state index in [0.29, 0.717) is 26.0 Å². The topological polar surface area (TPSA) is 107 Å². The van der Waals surface area contributed by atoms with Crippen LogP contribution in [0.25, 0.3) is 11.2 Å². The van der Waals surface area contributed by atoms with Crippen LogP contribution in [-0.4, -0.2) is 34.0 Å². The van der Waals surface area contributed by atoms with Crippen molar-refractivity contribution in [2.45, 2.75) is 10.2 Å². The van der Waals surface area contributed by atoms with Crippen molar-refractivity contribution >= 4 is 41.0 Å². The van der Waals surface area contributed by atoms with Crippen molar-refractivity contribution in [3.63, 3.8) is 0 Å². The lowest BCUT2D eigenvalue weighted by molar-refractivity contribution is -0.392. The van der Waals surface area contributed by atoms with Crippen molar-refractivity contribution in [1.29, 1.82) is 0 Å². The van der Waals surface area contributed by atoms with E-state index in [1.54, 1.807) is 22.5 Å².